The molecule has 3 rings (SSSR count). The summed E-state index contributed by atoms with van der Waals surface area (Å²) < 4.78 is 41.2. The summed E-state index contributed by atoms with van der Waals surface area (Å²) in [7, 11) is 2.68. The maximum Gasteiger partial charge on any atom is 0.271 e. The fourth-order valence-electron chi connectivity index (χ4n) is 3.30. The number of amides is 1. The average Bonchev–Trinajstić information content (AvgIpc) is 2.82. The van der Waals surface area contributed by atoms with Crippen molar-refractivity contribution in [1.29, 1.82) is 5.41 Å². The normalized spacial score (nSPS) is 11.7. The summed E-state index contributed by atoms with van der Waals surface area (Å²) >= 11 is 6.16. The summed E-state index contributed by atoms with van der Waals surface area (Å²) in [6.07, 6.45) is -1.60. The predicted octanol–water partition coefficient (Wildman–Crippen LogP) is 4.79. The van der Waals surface area contributed by atoms with E-state index in [2.05, 4.69) is 0 Å². The van der Waals surface area contributed by atoms with Gasteiger partial charge in [0.05, 0.1) is 19.2 Å². The number of nitrogens with zero attached hydrogens (tertiary/aromatic N) is 1. The Kier molecular flexibility index (Phi) is 7.63. The summed E-state index contributed by atoms with van der Waals surface area (Å²) in [6.45, 7) is -0.0557. The van der Waals surface area contributed by atoms with Crippen molar-refractivity contribution in [3.8, 4) is 16.9 Å². The number of hydrogen-bond acceptors (Lipinski definition) is 4. The second-order valence-corrected chi connectivity index (χ2v) is 7.54. The van der Waals surface area contributed by atoms with E-state index in [1.807, 2.05) is 0 Å². The van der Waals surface area contributed by atoms with Gasteiger partial charge in [0.2, 0.25) is 0 Å². The zero-order valence-corrected chi connectivity index (χ0v) is 18.7. The van der Waals surface area contributed by atoms with Crippen LogP contribution in [-0.4, -0.2) is 30.4 Å². The van der Waals surface area contributed by atoms with Crippen molar-refractivity contribution in [3.05, 3.63) is 89.0 Å². The van der Waals surface area contributed by atoms with Crippen LogP contribution in [0.4, 0.5) is 8.78 Å². The molecule has 0 aliphatic rings. The molecule has 0 fully saturated rings. The number of amidine groups is 1. The Balaban J connectivity index is 1.89. The highest BCUT2D eigenvalue weighted by Gasteiger charge is 2.32. The smallest absolute Gasteiger partial charge is 0.271 e. The lowest BCUT2D eigenvalue weighted by Gasteiger charge is -2.22. The molecule has 3 aromatic rings. The standard InChI is InChI=1S/C24H22ClF2N3O3/c1-32-17-9-7-15(8-10-17)18-11-12-19(26)20(21(18)27)22(33-2)24(31)30(25)13-14-3-5-16(6-4-14)23(28)29/h3-12,22H,13H2,1-2H3,(H3,28,29). The molecule has 0 heterocycles. The zero-order chi connectivity index (χ0) is 24.1. The summed E-state index contributed by atoms with van der Waals surface area (Å²) in [6, 6.07) is 15.4. The van der Waals surface area contributed by atoms with Crippen LogP contribution < -0.4 is 10.5 Å². The highest BCUT2D eigenvalue weighted by Crippen LogP contribution is 2.33. The van der Waals surface area contributed by atoms with Crippen molar-refractivity contribution in [2.24, 2.45) is 5.73 Å². The minimum atomic E-state index is -1.60. The van der Waals surface area contributed by atoms with E-state index in [1.165, 1.54) is 20.3 Å². The lowest BCUT2D eigenvalue weighted by molar-refractivity contribution is -0.138. The summed E-state index contributed by atoms with van der Waals surface area (Å²) in [5.41, 5.74) is 6.62. The third-order valence-electron chi connectivity index (χ3n) is 5.08. The van der Waals surface area contributed by atoms with Gasteiger partial charge in [0.1, 0.15) is 23.2 Å². The number of rotatable bonds is 8. The molecular formula is C24H22ClF2N3O3. The zero-order valence-electron chi connectivity index (χ0n) is 17.9. The van der Waals surface area contributed by atoms with E-state index >= 15 is 4.39 Å². The molecule has 1 unspecified atom stereocenters. The van der Waals surface area contributed by atoms with E-state index in [1.54, 1.807) is 48.5 Å². The predicted molar refractivity (Wildman–Crippen MR) is 122 cm³/mol. The van der Waals surface area contributed by atoms with Crippen molar-refractivity contribution in [3.63, 3.8) is 0 Å². The number of nitrogen functional groups attached to an aromatic ring is 1. The molecule has 0 aromatic heterocycles. The minimum absolute atomic E-state index is 0.0557. The Labute approximate surface area is 195 Å². The average molecular weight is 474 g/mol. The maximum absolute atomic E-state index is 15.4. The highest BCUT2D eigenvalue weighted by molar-refractivity contribution is 6.21. The van der Waals surface area contributed by atoms with Crippen LogP contribution >= 0.6 is 11.8 Å². The van der Waals surface area contributed by atoms with Gasteiger partial charge < -0.3 is 15.2 Å². The molecule has 172 valence electrons. The van der Waals surface area contributed by atoms with Gasteiger partial charge in [-0.1, -0.05) is 36.4 Å². The van der Waals surface area contributed by atoms with Gasteiger partial charge in [-0.05, 0) is 35.4 Å². The lowest BCUT2D eigenvalue weighted by atomic mass is 9.98. The molecule has 3 aromatic carbocycles. The molecule has 33 heavy (non-hydrogen) atoms. The summed E-state index contributed by atoms with van der Waals surface area (Å²) in [5, 5.41) is 7.43. The molecule has 0 aliphatic carbocycles. The van der Waals surface area contributed by atoms with Crippen LogP contribution in [0.1, 0.15) is 22.8 Å². The van der Waals surface area contributed by atoms with Gasteiger partial charge in [-0.2, -0.15) is 0 Å². The fraction of sp³-hybridized carbons (Fsp3) is 0.167. The van der Waals surface area contributed by atoms with E-state index in [9.17, 15) is 9.18 Å². The molecule has 0 saturated heterocycles. The first-order chi connectivity index (χ1) is 15.8. The molecule has 3 N–H and O–H groups in total. The first-order valence-corrected chi connectivity index (χ1v) is 10.2. The molecule has 6 nitrogen and oxygen atoms in total. The van der Waals surface area contributed by atoms with Crippen LogP contribution in [0.3, 0.4) is 0 Å². The van der Waals surface area contributed by atoms with Crippen LogP contribution in [0.5, 0.6) is 5.75 Å². The Bertz CT molecular complexity index is 1150. The van der Waals surface area contributed by atoms with Crippen molar-refractivity contribution in [1.82, 2.24) is 4.42 Å². The molecule has 1 atom stereocenters. The van der Waals surface area contributed by atoms with Gasteiger partial charge in [0, 0.05) is 30.0 Å². The molecule has 9 heteroatoms. The number of carbonyl (C=O) groups is 1. The minimum Gasteiger partial charge on any atom is -0.497 e. The maximum atomic E-state index is 15.4. The Morgan fingerprint density at radius 1 is 1.06 bits per heavy atom. The number of carbonyl (C=O) groups excluding carboxylic acids is 1. The van der Waals surface area contributed by atoms with Gasteiger partial charge in [0.25, 0.3) is 5.91 Å². The lowest BCUT2D eigenvalue weighted by Crippen LogP contribution is -2.30. The number of nitrogens with one attached hydrogen (secondary N) is 1. The van der Waals surface area contributed by atoms with Crippen LogP contribution in [0.15, 0.2) is 60.7 Å². The van der Waals surface area contributed by atoms with Gasteiger partial charge >= 0.3 is 0 Å². The summed E-state index contributed by atoms with van der Waals surface area (Å²) in [5.74, 6) is -2.19. The van der Waals surface area contributed by atoms with E-state index in [-0.39, 0.29) is 17.9 Å². The Morgan fingerprint density at radius 3 is 2.24 bits per heavy atom. The number of methoxy groups -OCH3 is 2. The fourth-order valence-corrected chi connectivity index (χ4v) is 3.53. The molecule has 0 radical (unpaired) electrons. The largest absolute Gasteiger partial charge is 0.497 e. The monoisotopic (exact) mass is 473 g/mol. The summed E-state index contributed by atoms with van der Waals surface area (Å²) in [4.78, 5) is 13.0. The van der Waals surface area contributed by atoms with Crippen molar-refractivity contribution in [2.75, 3.05) is 14.2 Å². The highest BCUT2D eigenvalue weighted by atomic mass is 35.5. The van der Waals surface area contributed by atoms with Gasteiger partial charge in [0.15, 0.2) is 6.10 Å². The van der Waals surface area contributed by atoms with Crippen molar-refractivity contribution < 1.29 is 23.0 Å². The molecular weight excluding hydrogens is 452 g/mol. The SMILES string of the molecule is COc1ccc(-c2ccc(F)c(C(OC)C(=O)N(Cl)Cc3ccc(C(=N)N)cc3)c2F)cc1. The topological polar surface area (TPSA) is 88.6 Å². The number of halogens is 3. The number of nitrogens with two attached hydrogens (primary N) is 1. The first kappa shape index (κ1) is 24.2. The van der Waals surface area contributed by atoms with Crippen molar-refractivity contribution >= 4 is 23.5 Å². The molecule has 0 saturated carbocycles. The van der Waals surface area contributed by atoms with Gasteiger partial charge in [-0.25, -0.2) is 13.2 Å². The van der Waals surface area contributed by atoms with Gasteiger partial charge in [-0.3, -0.25) is 10.2 Å². The number of benzene rings is 3. The van der Waals surface area contributed by atoms with Crippen LogP contribution in [-0.2, 0) is 16.1 Å². The van der Waals surface area contributed by atoms with E-state index in [0.717, 1.165) is 10.5 Å². The second-order valence-electron chi connectivity index (χ2n) is 7.14. The third-order valence-corrected chi connectivity index (χ3v) is 5.36. The van der Waals surface area contributed by atoms with Crippen LogP contribution in [0.2, 0.25) is 0 Å². The molecule has 1 amide bonds. The second kappa shape index (κ2) is 10.4. The van der Waals surface area contributed by atoms with E-state index < -0.39 is 29.2 Å². The quantitative estimate of drug-likeness (QED) is 0.279. The third kappa shape index (κ3) is 5.30. The number of ether oxygens (including phenoxy) is 2. The molecule has 0 bridgehead atoms. The van der Waals surface area contributed by atoms with Crippen LogP contribution in [0.25, 0.3) is 11.1 Å². The molecule has 0 spiro atoms. The van der Waals surface area contributed by atoms with Gasteiger partial charge in [-0.15, -0.1) is 0 Å². The van der Waals surface area contributed by atoms with Crippen molar-refractivity contribution in [2.45, 2.75) is 12.6 Å². The Morgan fingerprint density at radius 2 is 1.70 bits per heavy atom. The Hall–Kier alpha value is -3.49. The van der Waals surface area contributed by atoms with E-state index in [4.69, 9.17) is 32.4 Å². The van der Waals surface area contributed by atoms with Crippen LogP contribution in [0, 0.1) is 17.0 Å². The number of hydrogen-bond donors (Lipinski definition) is 2. The van der Waals surface area contributed by atoms with E-state index in [0.29, 0.717) is 22.4 Å². The first-order valence-electron chi connectivity index (χ1n) is 9.82. The molecule has 0 aliphatic heterocycles.